The van der Waals surface area contributed by atoms with Gasteiger partial charge in [0.1, 0.15) is 4.90 Å². The SMILES string of the molecule is CC(=O)N(C)c1ccccc1NS(=O)(=O)c1ccccc1Cl. The maximum Gasteiger partial charge on any atom is 0.263 e. The normalized spacial score (nSPS) is 11.0. The first-order valence-corrected chi connectivity index (χ1v) is 8.29. The van der Waals surface area contributed by atoms with Gasteiger partial charge in [0.2, 0.25) is 5.91 Å². The van der Waals surface area contributed by atoms with Crippen LogP contribution >= 0.6 is 11.6 Å². The van der Waals surface area contributed by atoms with Gasteiger partial charge < -0.3 is 4.90 Å². The van der Waals surface area contributed by atoms with Crippen molar-refractivity contribution in [2.75, 3.05) is 16.7 Å². The number of hydrogen-bond donors (Lipinski definition) is 1. The molecule has 0 saturated carbocycles. The standard InChI is InChI=1S/C15H15ClN2O3S/c1-11(19)18(2)14-9-5-4-8-13(14)17-22(20,21)15-10-6-3-7-12(15)16/h3-10,17H,1-2H3. The van der Waals surface area contributed by atoms with E-state index in [4.69, 9.17) is 11.6 Å². The Labute approximate surface area is 134 Å². The van der Waals surface area contributed by atoms with Crippen molar-refractivity contribution in [2.24, 2.45) is 0 Å². The molecule has 0 aliphatic heterocycles. The Morgan fingerprint density at radius 1 is 1.09 bits per heavy atom. The van der Waals surface area contributed by atoms with Crippen molar-refractivity contribution < 1.29 is 13.2 Å². The van der Waals surface area contributed by atoms with Gasteiger partial charge in [-0.25, -0.2) is 8.42 Å². The maximum absolute atomic E-state index is 12.5. The van der Waals surface area contributed by atoms with Crippen LogP contribution in [0.3, 0.4) is 0 Å². The van der Waals surface area contributed by atoms with Gasteiger partial charge in [0.15, 0.2) is 0 Å². The molecule has 0 saturated heterocycles. The molecule has 5 nitrogen and oxygen atoms in total. The van der Waals surface area contributed by atoms with Gasteiger partial charge in [-0.1, -0.05) is 35.9 Å². The fourth-order valence-corrected chi connectivity index (χ4v) is 3.48. The van der Waals surface area contributed by atoms with E-state index in [1.807, 2.05) is 0 Å². The monoisotopic (exact) mass is 338 g/mol. The van der Waals surface area contributed by atoms with Crippen LogP contribution < -0.4 is 9.62 Å². The predicted octanol–water partition coefficient (Wildman–Crippen LogP) is 3.12. The summed E-state index contributed by atoms with van der Waals surface area (Å²) in [6.45, 7) is 1.40. The Morgan fingerprint density at radius 3 is 2.32 bits per heavy atom. The fourth-order valence-electron chi connectivity index (χ4n) is 1.88. The summed E-state index contributed by atoms with van der Waals surface area (Å²) in [5, 5.41) is 0.132. The highest BCUT2D eigenvalue weighted by Gasteiger charge is 2.20. The second-order valence-corrected chi connectivity index (χ2v) is 6.69. The Kier molecular flexibility index (Phi) is 4.73. The molecule has 116 valence electrons. The number of sulfonamides is 1. The molecule has 7 heteroatoms. The fraction of sp³-hybridized carbons (Fsp3) is 0.133. The molecule has 0 aromatic heterocycles. The minimum atomic E-state index is -3.85. The summed E-state index contributed by atoms with van der Waals surface area (Å²) in [4.78, 5) is 12.9. The first-order chi connectivity index (χ1) is 10.3. The number of para-hydroxylation sites is 2. The lowest BCUT2D eigenvalue weighted by Gasteiger charge is -2.20. The van der Waals surface area contributed by atoms with Crippen molar-refractivity contribution in [3.8, 4) is 0 Å². The largest absolute Gasteiger partial charge is 0.314 e. The number of benzene rings is 2. The van der Waals surface area contributed by atoms with Gasteiger partial charge in [-0.2, -0.15) is 0 Å². The molecule has 22 heavy (non-hydrogen) atoms. The zero-order valence-electron chi connectivity index (χ0n) is 12.1. The molecule has 2 aromatic rings. The van der Waals surface area contributed by atoms with Crippen LogP contribution in [-0.4, -0.2) is 21.4 Å². The van der Waals surface area contributed by atoms with E-state index in [-0.39, 0.29) is 15.8 Å². The smallest absolute Gasteiger partial charge is 0.263 e. The number of amides is 1. The van der Waals surface area contributed by atoms with Crippen LogP contribution in [0.5, 0.6) is 0 Å². The first kappa shape index (κ1) is 16.3. The molecule has 0 radical (unpaired) electrons. The molecule has 0 heterocycles. The number of nitrogens with zero attached hydrogens (tertiary/aromatic N) is 1. The van der Waals surface area contributed by atoms with Crippen molar-refractivity contribution in [3.63, 3.8) is 0 Å². The number of carbonyl (C=O) groups excluding carboxylic acids is 1. The average molecular weight is 339 g/mol. The van der Waals surface area contributed by atoms with Gasteiger partial charge in [0, 0.05) is 14.0 Å². The third-order valence-corrected chi connectivity index (χ3v) is 4.97. The summed E-state index contributed by atoms with van der Waals surface area (Å²) in [5.74, 6) is -0.204. The molecule has 0 spiro atoms. The van der Waals surface area contributed by atoms with E-state index in [9.17, 15) is 13.2 Å². The number of carbonyl (C=O) groups is 1. The molecule has 0 aliphatic carbocycles. The molecule has 0 bridgehead atoms. The molecule has 2 aromatic carbocycles. The lowest BCUT2D eigenvalue weighted by molar-refractivity contribution is -0.116. The van der Waals surface area contributed by atoms with E-state index in [1.165, 1.54) is 24.0 Å². The summed E-state index contributed by atoms with van der Waals surface area (Å²) in [7, 11) is -2.27. The molecule has 0 atom stereocenters. The Morgan fingerprint density at radius 2 is 1.68 bits per heavy atom. The third kappa shape index (κ3) is 3.40. The minimum Gasteiger partial charge on any atom is -0.314 e. The number of nitrogens with one attached hydrogen (secondary N) is 1. The van der Waals surface area contributed by atoms with Crippen molar-refractivity contribution in [2.45, 2.75) is 11.8 Å². The Balaban J connectivity index is 2.43. The van der Waals surface area contributed by atoms with Gasteiger partial charge in [-0.05, 0) is 24.3 Å². The summed E-state index contributed by atoms with van der Waals surface area (Å²) < 4.78 is 27.4. The van der Waals surface area contributed by atoms with E-state index >= 15 is 0 Å². The molecule has 1 amide bonds. The van der Waals surface area contributed by atoms with Crippen LogP contribution in [-0.2, 0) is 14.8 Å². The van der Waals surface area contributed by atoms with E-state index in [0.29, 0.717) is 11.4 Å². The zero-order valence-corrected chi connectivity index (χ0v) is 13.6. The van der Waals surface area contributed by atoms with Gasteiger partial charge >= 0.3 is 0 Å². The van der Waals surface area contributed by atoms with Gasteiger partial charge in [0.05, 0.1) is 16.4 Å². The molecule has 0 unspecified atom stereocenters. The van der Waals surface area contributed by atoms with Crippen molar-refractivity contribution in [1.29, 1.82) is 0 Å². The topological polar surface area (TPSA) is 66.5 Å². The summed E-state index contributed by atoms with van der Waals surface area (Å²) in [5.41, 5.74) is 0.769. The lowest BCUT2D eigenvalue weighted by atomic mass is 10.2. The van der Waals surface area contributed by atoms with Gasteiger partial charge in [-0.15, -0.1) is 0 Å². The van der Waals surface area contributed by atoms with Crippen LogP contribution in [0.4, 0.5) is 11.4 Å². The number of halogens is 1. The number of anilines is 2. The number of rotatable bonds is 4. The van der Waals surface area contributed by atoms with E-state index in [1.54, 1.807) is 43.4 Å². The lowest BCUT2D eigenvalue weighted by Crippen LogP contribution is -2.25. The van der Waals surface area contributed by atoms with Crippen LogP contribution in [0.2, 0.25) is 5.02 Å². The van der Waals surface area contributed by atoms with Crippen molar-refractivity contribution in [3.05, 3.63) is 53.6 Å². The minimum absolute atomic E-state index is 0.0167. The predicted molar refractivity (Wildman–Crippen MR) is 87.8 cm³/mol. The summed E-state index contributed by atoms with van der Waals surface area (Å²) in [6.07, 6.45) is 0. The summed E-state index contributed by atoms with van der Waals surface area (Å²) >= 11 is 5.94. The van der Waals surface area contributed by atoms with E-state index in [0.717, 1.165) is 0 Å². The van der Waals surface area contributed by atoms with E-state index < -0.39 is 10.0 Å². The van der Waals surface area contributed by atoms with Crippen LogP contribution in [0.15, 0.2) is 53.4 Å². The molecular weight excluding hydrogens is 324 g/mol. The maximum atomic E-state index is 12.5. The zero-order chi connectivity index (χ0) is 16.3. The highest BCUT2D eigenvalue weighted by Crippen LogP contribution is 2.29. The van der Waals surface area contributed by atoms with Crippen LogP contribution in [0, 0.1) is 0 Å². The second kappa shape index (κ2) is 6.37. The van der Waals surface area contributed by atoms with Crippen molar-refractivity contribution in [1.82, 2.24) is 0 Å². The third-order valence-electron chi connectivity index (χ3n) is 3.11. The summed E-state index contributed by atoms with van der Waals surface area (Å²) in [6, 6.07) is 12.8. The second-order valence-electron chi connectivity index (χ2n) is 4.63. The first-order valence-electron chi connectivity index (χ1n) is 6.43. The number of hydrogen-bond acceptors (Lipinski definition) is 3. The Bertz CT molecular complexity index is 806. The highest BCUT2D eigenvalue weighted by molar-refractivity contribution is 7.92. The molecular formula is C15H15ClN2O3S. The molecule has 2 rings (SSSR count). The van der Waals surface area contributed by atoms with Crippen molar-refractivity contribution >= 4 is 38.9 Å². The average Bonchev–Trinajstić information content (AvgIpc) is 2.47. The van der Waals surface area contributed by atoms with Gasteiger partial charge in [-0.3, -0.25) is 9.52 Å². The van der Waals surface area contributed by atoms with Crippen LogP contribution in [0.25, 0.3) is 0 Å². The Hall–Kier alpha value is -2.05. The highest BCUT2D eigenvalue weighted by atomic mass is 35.5. The molecule has 0 fully saturated rings. The molecule has 1 N–H and O–H groups in total. The van der Waals surface area contributed by atoms with E-state index in [2.05, 4.69) is 4.72 Å². The molecule has 0 aliphatic rings. The van der Waals surface area contributed by atoms with Crippen LogP contribution in [0.1, 0.15) is 6.92 Å². The van der Waals surface area contributed by atoms with Gasteiger partial charge in [0.25, 0.3) is 10.0 Å². The quantitative estimate of drug-likeness (QED) is 0.931.